The van der Waals surface area contributed by atoms with Crippen LogP contribution in [0.5, 0.6) is 0 Å². The summed E-state index contributed by atoms with van der Waals surface area (Å²) in [5.41, 5.74) is 3.54. The van der Waals surface area contributed by atoms with Crippen molar-refractivity contribution in [2.45, 2.75) is 13.5 Å². The van der Waals surface area contributed by atoms with E-state index in [2.05, 4.69) is 15.3 Å². The molecule has 0 spiro atoms. The lowest BCUT2D eigenvalue weighted by Crippen LogP contribution is -2.41. The molecule has 1 aliphatic rings. The fraction of sp³-hybridized carbons (Fsp3) is 0.250. The van der Waals surface area contributed by atoms with Gasteiger partial charge in [0, 0.05) is 50.1 Å². The number of hydrogen-bond donors (Lipinski definition) is 1. The molecular formula is C24H23ClN4O3. The molecule has 7 nitrogen and oxygen atoms in total. The van der Waals surface area contributed by atoms with Crippen molar-refractivity contribution >= 4 is 29.1 Å². The van der Waals surface area contributed by atoms with E-state index < -0.39 is 0 Å². The number of aromatic nitrogens is 2. The molecule has 2 amide bonds. The zero-order chi connectivity index (χ0) is 22.5. The SMILES string of the molecule is CC(=O)N(CC1COC1)c1ccc(-c2ccc(C(=O)NCc3cccnc3)cn2)cc1Cl. The van der Waals surface area contributed by atoms with Gasteiger partial charge >= 0.3 is 0 Å². The fourth-order valence-corrected chi connectivity index (χ4v) is 3.70. The molecule has 0 unspecified atom stereocenters. The molecule has 2 aromatic heterocycles. The molecule has 3 heterocycles. The summed E-state index contributed by atoms with van der Waals surface area (Å²) in [5.74, 6) is 0.0536. The Kier molecular flexibility index (Phi) is 6.78. The third-order valence-corrected chi connectivity index (χ3v) is 5.57. The predicted octanol–water partition coefficient (Wildman–Crippen LogP) is 3.73. The monoisotopic (exact) mass is 450 g/mol. The number of benzene rings is 1. The number of amides is 2. The van der Waals surface area contributed by atoms with Gasteiger partial charge in [0.2, 0.25) is 5.91 Å². The van der Waals surface area contributed by atoms with Crippen LogP contribution in [-0.4, -0.2) is 41.5 Å². The second kappa shape index (κ2) is 9.89. The summed E-state index contributed by atoms with van der Waals surface area (Å²) in [7, 11) is 0. The van der Waals surface area contributed by atoms with E-state index in [1.165, 1.54) is 13.1 Å². The highest BCUT2D eigenvalue weighted by Gasteiger charge is 2.25. The van der Waals surface area contributed by atoms with Crippen molar-refractivity contribution in [2.75, 3.05) is 24.7 Å². The minimum Gasteiger partial charge on any atom is -0.381 e. The van der Waals surface area contributed by atoms with E-state index in [4.69, 9.17) is 16.3 Å². The number of carbonyl (C=O) groups is 2. The number of nitrogens with zero attached hydrogens (tertiary/aromatic N) is 3. The standard InChI is InChI=1S/C24H23ClN4O3/c1-16(30)29(13-18-14-32-15-18)23-7-5-19(9-21(23)25)22-6-4-20(12-27-22)24(31)28-11-17-3-2-8-26-10-17/h2-10,12,18H,11,13-15H2,1H3,(H,28,31). The predicted molar refractivity (Wildman–Crippen MR) is 122 cm³/mol. The van der Waals surface area contributed by atoms with Gasteiger partial charge in [-0.15, -0.1) is 0 Å². The van der Waals surface area contributed by atoms with E-state index in [1.54, 1.807) is 35.5 Å². The summed E-state index contributed by atoms with van der Waals surface area (Å²) in [6.07, 6.45) is 4.93. The molecular weight excluding hydrogens is 428 g/mol. The van der Waals surface area contributed by atoms with Crippen LogP contribution < -0.4 is 10.2 Å². The van der Waals surface area contributed by atoms with Crippen LogP contribution in [0, 0.1) is 5.92 Å². The summed E-state index contributed by atoms with van der Waals surface area (Å²) in [6.45, 7) is 3.82. The highest BCUT2D eigenvalue weighted by atomic mass is 35.5. The summed E-state index contributed by atoms with van der Waals surface area (Å²) in [6, 6.07) is 12.7. The van der Waals surface area contributed by atoms with Gasteiger partial charge in [-0.25, -0.2) is 0 Å². The van der Waals surface area contributed by atoms with Crippen LogP contribution in [0.2, 0.25) is 5.02 Å². The Hall–Kier alpha value is -3.29. The van der Waals surface area contributed by atoms with Gasteiger partial charge < -0.3 is 15.0 Å². The normalized spacial score (nSPS) is 13.3. The molecule has 1 N–H and O–H groups in total. The lowest BCUT2D eigenvalue weighted by atomic mass is 10.1. The maximum absolute atomic E-state index is 12.4. The highest BCUT2D eigenvalue weighted by molar-refractivity contribution is 6.34. The first-order valence-corrected chi connectivity index (χ1v) is 10.7. The number of anilines is 1. The van der Waals surface area contributed by atoms with Crippen LogP contribution in [0.3, 0.4) is 0 Å². The molecule has 32 heavy (non-hydrogen) atoms. The van der Waals surface area contributed by atoms with E-state index >= 15 is 0 Å². The van der Waals surface area contributed by atoms with Gasteiger partial charge in [-0.3, -0.25) is 19.6 Å². The van der Waals surface area contributed by atoms with Crippen molar-refractivity contribution in [1.29, 1.82) is 0 Å². The Morgan fingerprint density at radius 2 is 2.03 bits per heavy atom. The second-order valence-corrected chi connectivity index (χ2v) is 8.08. The molecule has 1 saturated heterocycles. The van der Waals surface area contributed by atoms with Crippen molar-refractivity contribution in [3.05, 3.63) is 77.2 Å². The maximum Gasteiger partial charge on any atom is 0.253 e. The maximum atomic E-state index is 12.4. The molecule has 0 atom stereocenters. The van der Waals surface area contributed by atoms with Crippen LogP contribution in [0.25, 0.3) is 11.3 Å². The van der Waals surface area contributed by atoms with Gasteiger partial charge in [0.15, 0.2) is 0 Å². The van der Waals surface area contributed by atoms with E-state index in [0.717, 1.165) is 11.1 Å². The van der Waals surface area contributed by atoms with Gasteiger partial charge in [0.1, 0.15) is 0 Å². The Morgan fingerprint density at radius 3 is 2.62 bits per heavy atom. The molecule has 0 bridgehead atoms. The van der Waals surface area contributed by atoms with E-state index in [1.807, 2.05) is 24.3 Å². The zero-order valence-electron chi connectivity index (χ0n) is 17.6. The van der Waals surface area contributed by atoms with Crippen LogP contribution in [0.4, 0.5) is 5.69 Å². The third kappa shape index (κ3) is 5.12. The minimum atomic E-state index is -0.210. The molecule has 164 valence electrons. The van der Waals surface area contributed by atoms with E-state index in [0.29, 0.717) is 54.2 Å². The quantitative estimate of drug-likeness (QED) is 0.593. The van der Waals surface area contributed by atoms with Gasteiger partial charge in [-0.05, 0) is 35.9 Å². The molecule has 0 aliphatic carbocycles. The van der Waals surface area contributed by atoms with Crippen LogP contribution in [0.15, 0.2) is 61.1 Å². The molecule has 1 aromatic carbocycles. The Bertz CT molecular complexity index is 1100. The van der Waals surface area contributed by atoms with Gasteiger partial charge in [0.05, 0.1) is 35.2 Å². The van der Waals surface area contributed by atoms with Gasteiger partial charge in [0.25, 0.3) is 5.91 Å². The average Bonchev–Trinajstić information content (AvgIpc) is 2.78. The van der Waals surface area contributed by atoms with Crippen molar-refractivity contribution in [3.8, 4) is 11.3 Å². The summed E-state index contributed by atoms with van der Waals surface area (Å²) >= 11 is 6.52. The average molecular weight is 451 g/mol. The van der Waals surface area contributed by atoms with Crippen LogP contribution >= 0.6 is 11.6 Å². The zero-order valence-corrected chi connectivity index (χ0v) is 18.4. The van der Waals surface area contributed by atoms with Crippen LogP contribution in [-0.2, 0) is 16.1 Å². The molecule has 1 aliphatic heterocycles. The first-order chi connectivity index (χ1) is 15.5. The minimum absolute atomic E-state index is 0.0636. The molecule has 1 fully saturated rings. The molecule has 8 heteroatoms. The lowest BCUT2D eigenvalue weighted by Gasteiger charge is -2.32. The summed E-state index contributed by atoms with van der Waals surface area (Å²) < 4.78 is 5.21. The van der Waals surface area contributed by atoms with E-state index in [9.17, 15) is 9.59 Å². The second-order valence-electron chi connectivity index (χ2n) is 7.68. The molecule has 0 saturated carbocycles. The van der Waals surface area contributed by atoms with Crippen LogP contribution in [0.1, 0.15) is 22.8 Å². The summed E-state index contributed by atoms with van der Waals surface area (Å²) in [4.78, 5) is 34.7. The van der Waals surface area contributed by atoms with Crippen molar-refractivity contribution in [1.82, 2.24) is 15.3 Å². The molecule has 4 rings (SSSR count). The first-order valence-electron chi connectivity index (χ1n) is 10.3. The Balaban J connectivity index is 1.44. The number of hydrogen-bond acceptors (Lipinski definition) is 5. The number of ether oxygens (including phenoxy) is 1. The number of pyridine rings is 2. The van der Waals surface area contributed by atoms with E-state index in [-0.39, 0.29) is 11.8 Å². The topological polar surface area (TPSA) is 84.4 Å². The van der Waals surface area contributed by atoms with Gasteiger partial charge in [-0.1, -0.05) is 23.7 Å². The third-order valence-electron chi connectivity index (χ3n) is 5.26. The van der Waals surface area contributed by atoms with Gasteiger partial charge in [-0.2, -0.15) is 0 Å². The fourth-order valence-electron chi connectivity index (χ4n) is 3.42. The van der Waals surface area contributed by atoms with Crippen molar-refractivity contribution < 1.29 is 14.3 Å². The van der Waals surface area contributed by atoms with Crippen molar-refractivity contribution in [2.24, 2.45) is 5.92 Å². The Morgan fingerprint density at radius 1 is 1.19 bits per heavy atom. The molecule has 3 aromatic rings. The Labute approximate surface area is 191 Å². The lowest BCUT2D eigenvalue weighted by molar-refractivity contribution is -0.117. The number of halogens is 1. The summed E-state index contributed by atoms with van der Waals surface area (Å²) in [5, 5.41) is 3.32. The van der Waals surface area contributed by atoms with Crippen molar-refractivity contribution in [3.63, 3.8) is 0 Å². The smallest absolute Gasteiger partial charge is 0.253 e. The first kappa shape index (κ1) is 21.9. The molecule has 0 radical (unpaired) electrons. The number of nitrogens with one attached hydrogen (secondary N) is 1. The largest absolute Gasteiger partial charge is 0.381 e. The number of rotatable bonds is 7. The highest BCUT2D eigenvalue weighted by Crippen LogP contribution is 2.32. The number of carbonyl (C=O) groups excluding carboxylic acids is 2.